The molecule has 3 heterocycles. The average molecular weight is 556 g/mol. The van der Waals surface area contributed by atoms with Crippen molar-refractivity contribution in [1.82, 2.24) is 25.3 Å². The van der Waals surface area contributed by atoms with Crippen molar-refractivity contribution in [3.05, 3.63) is 23.7 Å². The lowest BCUT2D eigenvalue weighted by Gasteiger charge is -2.31. The summed E-state index contributed by atoms with van der Waals surface area (Å²) in [6.45, 7) is 6.33. The molecule has 4 unspecified atom stereocenters. The van der Waals surface area contributed by atoms with Crippen LogP contribution in [0.15, 0.2) is 12.3 Å². The number of nitrogens with one attached hydrogen (secondary N) is 3. The number of alkyl carbamates (subject to hydrolysis) is 1. The number of aliphatic hydroxyl groups excluding tert-OH is 1. The molecule has 2 aliphatic carbocycles. The number of carbonyl (C=O) groups is 1. The van der Waals surface area contributed by atoms with Crippen LogP contribution in [0.5, 0.6) is 0 Å². The third-order valence-electron chi connectivity index (χ3n) is 7.72. The van der Waals surface area contributed by atoms with E-state index in [0.717, 1.165) is 33.8 Å². The van der Waals surface area contributed by atoms with Crippen molar-refractivity contribution in [3.63, 3.8) is 0 Å². The summed E-state index contributed by atoms with van der Waals surface area (Å²) in [7, 11) is 1.29. The van der Waals surface area contributed by atoms with Crippen molar-refractivity contribution >= 4 is 39.4 Å². The van der Waals surface area contributed by atoms with Gasteiger partial charge in [-0.25, -0.2) is 14.8 Å². The SMILES string of the molecule is CCCc1nccc2sc(-c3c(C)nc(NC(C)C4CC4)nc3NC3(O)CCC(CNC(=O)OC)C3O)nc12. The number of thiazole rings is 1. The second kappa shape index (κ2) is 11.2. The molecule has 2 aliphatic rings. The molecule has 0 aromatic carbocycles. The van der Waals surface area contributed by atoms with Gasteiger partial charge in [-0.1, -0.05) is 13.3 Å². The summed E-state index contributed by atoms with van der Waals surface area (Å²) in [6.07, 6.45) is 5.03. The summed E-state index contributed by atoms with van der Waals surface area (Å²) in [5, 5.41) is 32.6. The zero-order valence-corrected chi connectivity index (χ0v) is 23.6. The van der Waals surface area contributed by atoms with E-state index in [9.17, 15) is 15.0 Å². The second-order valence-electron chi connectivity index (χ2n) is 10.7. The minimum absolute atomic E-state index is 0.185. The number of anilines is 2. The Kier molecular flexibility index (Phi) is 7.88. The predicted octanol–water partition coefficient (Wildman–Crippen LogP) is 3.85. The molecule has 2 fully saturated rings. The fourth-order valence-corrected chi connectivity index (χ4v) is 6.36. The second-order valence-corrected chi connectivity index (χ2v) is 11.7. The van der Waals surface area contributed by atoms with Gasteiger partial charge in [-0.3, -0.25) is 4.98 Å². The zero-order chi connectivity index (χ0) is 27.7. The highest BCUT2D eigenvalue weighted by Gasteiger charge is 2.47. The Morgan fingerprint density at radius 2 is 2.08 bits per heavy atom. The number of aryl methyl sites for hydroxylation is 2. The zero-order valence-electron chi connectivity index (χ0n) is 22.8. The number of amides is 1. The van der Waals surface area contributed by atoms with Gasteiger partial charge in [0.15, 0.2) is 5.72 Å². The highest BCUT2D eigenvalue weighted by Crippen LogP contribution is 2.41. The Bertz CT molecular complexity index is 1350. The van der Waals surface area contributed by atoms with Crippen molar-refractivity contribution in [3.8, 4) is 10.6 Å². The van der Waals surface area contributed by atoms with Crippen LogP contribution in [0.1, 0.15) is 57.3 Å². The van der Waals surface area contributed by atoms with Gasteiger partial charge in [0.1, 0.15) is 22.4 Å². The number of hydrogen-bond donors (Lipinski definition) is 5. The largest absolute Gasteiger partial charge is 0.453 e. The third kappa shape index (κ3) is 5.78. The van der Waals surface area contributed by atoms with E-state index >= 15 is 0 Å². The molecular weight excluding hydrogens is 518 g/mol. The van der Waals surface area contributed by atoms with Gasteiger partial charge in [0.2, 0.25) is 5.95 Å². The van der Waals surface area contributed by atoms with Crippen LogP contribution in [0, 0.1) is 18.8 Å². The van der Waals surface area contributed by atoms with Crippen LogP contribution in [0.25, 0.3) is 20.8 Å². The van der Waals surface area contributed by atoms with Crippen molar-refractivity contribution < 1.29 is 19.7 Å². The maximum Gasteiger partial charge on any atom is 0.406 e. The maximum absolute atomic E-state index is 11.6. The lowest BCUT2D eigenvalue weighted by molar-refractivity contribution is -0.0468. The fourth-order valence-electron chi connectivity index (χ4n) is 5.28. The Hall–Kier alpha value is -3.09. The molecule has 1 amide bonds. The summed E-state index contributed by atoms with van der Waals surface area (Å²) in [5.41, 5.74) is 1.56. The molecule has 5 rings (SSSR count). The van der Waals surface area contributed by atoms with E-state index in [1.165, 1.54) is 31.3 Å². The minimum Gasteiger partial charge on any atom is -0.453 e. The van der Waals surface area contributed by atoms with Crippen LogP contribution >= 0.6 is 11.3 Å². The molecule has 4 atom stereocenters. The van der Waals surface area contributed by atoms with Gasteiger partial charge in [-0.15, -0.1) is 11.3 Å². The van der Waals surface area contributed by atoms with Crippen LogP contribution in [0.4, 0.5) is 16.6 Å². The molecule has 0 radical (unpaired) electrons. The predicted molar refractivity (Wildman–Crippen MR) is 151 cm³/mol. The summed E-state index contributed by atoms with van der Waals surface area (Å²) in [6, 6.07) is 2.18. The van der Waals surface area contributed by atoms with Gasteiger partial charge < -0.3 is 30.9 Å². The maximum atomic E-state index is 11.6. The monoisotopic (exact) mass is 555 g/mol. The van der Waals surface area contributed by atoms with E-state index in [1.54, 1.807) is 0 Å². The number of rotatable bonds is 10. The van der Waals surface area contributed by atoms with Crippen LogP contribution in [0.3, 0.4) is 0 Å². The smallest absolute Gasteiger partial charge is 0.406 e. The van der Waals surface area contributed by atoms with Gasteiger partial charge in [0.25, 0.3) is 0 Å². The highest BCUT2D eigenvalue weighted by atomic mass is 32.1. The quantitative estimate of drug-likeness (QED) is 0.233. The van der Waals surface area contributed by atoms with Crippen molar-refractivity contribution in [2.75, 3.05) is 24.3 Å². The Morgan fingerprint density at radius 1 is 1.28 bits per heavy atom. The molecule has 0 bridgehead atoms. The molecule has 210 valence electrons. The van der Waals surface area contributed by atoms with Crippen LogP contribution < -0.4 is 16.0 Å². The molecule has 0 aliphatic heterocycles. The molecule has 12 heteroatoms. The first-order chi connectivity index (χ1) is 18.7. The number of hydrogen-bond acceptors (Lipinski definition) is 11. The normalized spacial score (nSPS) is 23.5. The summed E-state index contributed by atoms with van der Waals surface area (Å²) < 4.78 is 5.66. The van der Waals surface area contributed by atoms with Crippen LogP contribution in [-0.2, 0) is 11.2 Å². The molecule has 5 N–H and O–H groups in total. The van der Waals surface area contributed by atoms with E-state index < -0.39 is 17.9 Å². The number of nitrogens with zero attached hydrogens (tertiary/aromatic N) is 4. The molecule has 11 nitrogen and oxygen atoms in total. The Labute approximate surface area is 231 Å². The molecule has 3 aromatic rings. The number of aromatic nitrogens is 4. The van der Waals surface area contributed by atoms with E-state index in [1.807, 2.05) is 19.2 Å². The van der Waals surface area contributed by atoms with Crippen molar-refractivity contribution in [2.45, 2.75) is 77.2 Å². The lowest BCUT2D eigenvalue weighted by Crippen LogP contribution is -2.49. The van der Waals surface area contributed by atoms with Gasteiger partial charge in [0.05, 0.1) is 28.8 Å². The van der Waals surface area contributed by atoms with Crippen molar-refractivity contribution in [2.24, 2.45) is 11.8 Å². The van der Waals surface area contributed by atoms with Gasteiger partial charge >= 0.3 is 6.09 Å². The molecular formula is C27H37N7O4S. The van der Waals surface area contributed by atoms with Gasteiger partial charge in [-0.2, -0.15) is 4.98 Å². The van der Waals surface area contributed by atoms with Gasteiger partial charge in [0, 0.05) is 24.7 Å². The minimum atomic E-state index is -1.65. The fraction of sp³-hybridized carbons (Fsp3) is 0.593. The standard InChI is InChI=1S/C27H37N7O4S/c1-5-6-18-21-19(10-12-28-18)39-24(32-21)20-15(3)31-25(30-14(2)16-7-8-16)33-23(20)34-27(37)11-9-17(22(27)35)13-29-26(36)38-4/h10,12,14,16-17,22,35,37H,5-9,11,13H2,1-4H3,(H,29,36)(H2,30,31,33,34). The summed E-state index contributed by atoms with van der Waals surface area (Å²) in [4.78, 5) is 30.6. The molecule has 0 saturated heterocycles. The summed E-state index contributed by atoms with van der Waals surface area (Å²) >= 11 is 1.53. The Balaban J connectivity index is 1.51. The lowest BCUT2D eigenvalue weighted by atomic mass is 10.0. The molecule has 39 heavy (non-hydrogen) atoms. The van der Waals surface area contributed by atoms with Crippen LogP contribution in [0.2, 0.25) is 0 Å². The van der Waals surface area contributed by atoms with E-state index in [-0.39, 0.29) is 24.9 Å². The number of carbonyl (C=O) groups excluding carboxylic acids is 1. The van der Waals surface area contributed by atoms with E-state index in [2.05, 4.69) is 39.5 Å². The number of pyridine rings is 1. The number of methoxy groups -OCH3 is 1. The summed E-state index contributed by atoms with van der Waals surface area (Å²) in [5.74, 6) is 1.11. The van der Waals surface area contributed by atoms with E-state index in [4.69, 9.17) is 15.0 Å². The third-order valence-corrected chi connectivity index (χ3v) is 8.76. The number of ether oxygens (including phenoxy) is 1. The molecule has 0 spiro atoms. The number of aliphatic hydroxyl groups is 2. The first-order valence-electron chi connectivity index (χ1n) is 13.6. The average Bonchev–Trinajstić information content (AvgIpc) is 3.61. The van der Waals surface area contributed by atoms with Crippen molar-refractivity contribution in [1.29, 1.82) is 0 Å². The molecule has 2 saturated carbocycles. The Morgan fingerprint density at radius 3 is 2.79 bits per heavy atom. The highest BCUT2D eigenvalue weighted by molar-refractivity contribution is 7.21. The van der Waals surface area contributed by atoms with Gasteiger partial charge in [-0.05, 0) is 57.9 Å². The molecule has 3 aromatic heterocycles. The van der Waals surface area contributed by atoms with E-state index in [0.29, 0.717) is 35.4 Å². The first-order valence-corrected chi connectivity index (χ1v) is 14.4. The topological polar surface area (TPSA) is 154 Å². The first kappa shape index (κ1) is 27.5. The number of fused-ring (bicyclic) bond motifs is 1. The van der Waals surface area contributed by atoms with Crippen LogP contribution in [-0.4, -0.2) is 67.8 Å².